The van der Waals surface area contributed by atoms with Crippen molar-refractivity contribution in [2.24, 2.45) is 5.41 Å². The van der Waals surface area contributed by atoms with Crippen LogP contribution in [0, 0.1) is 26.9 Å². The predicted molar refractivity (Wildman–Crippen MR) is 76.5 cm³/mol. The molecule has 0 atom stereocenters. The largest absolute Gasteiger partial charge is 0.384 e. The Kier molecular flexibility index (Phi) is 4.20. The standard InChI is InChI=1S/C14H18N4O2/c1-14(4-6-16-7-5-14)10-17-12-3-2-11(9-15)13(8-12)18(19)20/h2-3,8,16-17H,4-7,10H2,1H3. The van der Waals surface area contributed by atoms with E-state index in [0.29, 0.717) is 5.69 Å². The van der Waals surface area contributed by atoms with Crippen molar-refractivity contribution in [1.82, 2.24) is 5.32 Å². The van der Waals surface area contributed by atoms with Crippen molar-refractivity contribution < 1.29 is 4.92 Å². The lowest BCUT2D eigenvalue weighted by atomic mass is 9.81. The zero-order valence-corrected chi connectivity index (χ0v) is 11.5. The first-order chi connectivity index (χ1) is 9.54. The Morgan fingerprint density at radius 3 is 2.80 bits per heavy atom. The Morgan fingerprint density at radius 2 is 2.20 bits per heavy atom. The average Bonchev–Trinajstić information content (AvgIpc) is 2.45. The van der Waals surface area contributed by atoms with Gasteiger partial charge in [-0.15, -0.1) is 0 Å². The molecule has 0 bridgehead atoms. The summed E-state index contributed by atoms with van der Waals surface area (Å²) < 4.78 is 0. The number of piperidine rings is 1. The van der Waals surface area contributed by atoms with Crippen LogP contribution in [0.4, 0.5) is 11.4 Å². The van der Waals surface area contributed by atoms with Crippen molar-refractivity contribution in [2.45, 2.75) is 19.8 Å². The minimum Gasteiger partial charge on any atom is -0.384 e. The number of nitriles is 1. The molecule has 0 aliphatic carbocycles. The summed E-state index contributed by atoms with van der Waals surface area (Å²) >= 11 is 0. The van der Waals surface area contributed by atoms with E-state index in [4.69, 9.17) is 5.26 Å². The highest BCUT2D eigenvalue weighted by Crippen LogP contribution is 2.29. The molecule has 6 heteroatoms. The van der Waals surface area contributed by atoms with Crippen molar-refractivity contribution in [1.29, 1.82) is 5.26 Å². The van der Waals surface area contributed by atoms with Crippen LogP contribution in [0.1, 0.15) is 25.3 Å². The molecule has 1 aromatic carbocycles. The lowest BCUT2D eigenvalue weighted by Crippen LogP contribution is -2.39. The fourth-order valence-corrected chi connectivity index (χ4v) is 2.41. The average molecular weight is 274 g/mol. The molecule has 0 saturated carbocycles. The highest BCUT2D eigenvalue weighted by molar-refractivity contribution is 5.59. The van der Waals surface area contributed by atoms with Crippen LogP contribution in [-0.4, -0.2) is 24.6 Å². The number of benzene rings is 1. The van der Waals surface area contributed by atoms with Crippen LogP contribution in [0.3, 0.4) is 0 Å². The summed E-state index contributed by atoms with van der Waals surface area (Å²) in [4.78, 5) is 10.4. The van der Waals surface area contributed by atoms with E-state index in [1.165, 1.54) is 12.1 Å². The van der Waals surface area contributed by atoms with E-state index in [1.807, 2.05) is 6.07 Å². The van der Waals surface area contributed by atoms with Gasteiger partial charge in [-0.3, -0.25) is 10.1 Å². The molecule has 0 aromatic heterocycles. The molecule has 0 spiro atoms. The van der Waals surface area contributed by atoms with Crippen LogP contribution in [0.5, 0.6) is 0 Å². The first kappa shape index (κ1) is 14.3. The van der Waals surface area contributed by atoms with Gasteiger partial charge in [0.2, 0.25) is 0 Å². The summed E-state index contributed by atoms with van der Waals surface area (Å²) in [6.45, 7) is 5.01. The Labute approximate surface area is 117 Å². The van der Waals surface area contributed by atoms with Crippen LogP contribution in [0.15, 0.2) is 18.2 Å². The Morgan fingerprint density at radius 1 is 1.50 bits per heavy atom. The van der Waals surface area contributed by atoms with E-state index >= 15 is 0 Å². The second-order valence-electron chi connectivity index (χ2n) is 5.52. The minimum atomic E-state index is -0.518. The van der Waals surface area contributed by atoms with Crippen LogP contribution >= 0.6 is 0 Å². The zero-order chi connectivity index (χ0) is 14.6. The smallest absolute Gasteiger partial charge is 0.289 e. The number of hydrogen-bond donors (Lipinski definition) is 2. The van der Waals surface area contributed by atoms with Gasteiger partial charge in [0.05, 0.1) is 4.92 Å². The van der Waals surface area contributed by atoms with Gasteiger partial charge < -0.3 is 10.6 Å². The molecule has 0 amide bonds. The van der Waals surface area contributed by atoms with Gasteiger partial charge in [-0.25, -0.2) is 0 Å². The Balaban J connectivity index is 2.08. The van der Waals surface area contributed by atoms with Crippen LogP contribution in [0.25, 0.3) is 0 Å². The first-order valence-electron chi connectivity index (χ1n) is 6.67. The van der Waals surface area contributed by atoms with Gasteiger partial charge >= 0.3 is 0 Å². The summed E-state index contributed by atoms with van der Waals surface area (Å²) in [5.74, 6) is 0. The molecule has 0 unspecified atom stereocenters. The Hall–Kier alpha value is -2.13. The highest BCUT2D eigenvalue weighted by atomic mass is 16.6. The van der Waals surface area contributed by atoms with E-state index in [2.05, 4.69) is 17.6 Å². The van der Waals surface area contributed by atoms with Crippen molar-refractivity contribution in [3.63, 3.8) is 0 Å². The number of nitro groups is 1. The van der Waals surface area contributed by atoms with E-state index in [9.17, 15) is 10.1 Å². The summed E-state index contributed by atoms with van der Waals surface area (Å²) in [5.41, 5.74) is 0.838. The van der Waals surface area contributed by atoms with Gasteiger partial charge in [0.1, 0.15) is 11.6 Å². The van der Waals surface area contributed by atoms with Crippen LogP contribution in [0.2, 0.25) is 0 Å². The first-order valence-corrected chi connectivity index (χ1v) is 6.67. The molecule has 20 heavy (non-hydrogen) atoms. The van der Waals surface area contributed by atoms with Crippen molar-refractivity contribution in [3.05, 3.63) is 33.9 Å². The number of nitrogens with one attached hydrogen (secondary N) is 2. The number of nitrogens with zero attached hydrogens (tertiary/aromatic N) is 2. The molecule has 106 valence electrons. The predicted octanol–water partition coefficient (Wildman–Crippen LogP) is 2.27. The molecule has 6 nitrogen and oxygen atoms in total. The van der Waals surface area contributed by atoms with E-state index in [1.54, 1.807) is 6.07 Å². The molecule has 1 aliphatic heterocycles. The lowest BCUT2D eigenvalue weighted by molar-refractivity contribution is -0.385. The number of hydrogen-bond acceptors (Lipinski definition) is 5. The van der Waals surface area contributed by atoms with Gasteiger partial charge in [-0.2, -0.15) is 5.26 Å². The molecule has 1 saturated heterocycles. The molecule has 2 N–H and O–H groups in total. The number of nitro benzene ring substituents is 1. The third-order valence-electron chi connectivity index (χ3n) is 3.84. The summed E-state index contributed by atoms with van der Waals surface area (Å²) in [5, 5.41) is 26.4. The van der Waals surface area contributed by atoms with Gasteiger partial charge in [0.25, 0.3) is 5.69 Å². The fourth-order valence-electron chi connectivity index (χ4n) is 2.41. The summed E-state index contributed by atoms with van der Waals surface area (Å²) in [6, 6.07) is 6.48. The third kappa shape index (κ3) is 3.25. The van der Waals surface area contributed by atoms with Gasteiger partial charge in [0.15, 0.2) is 0 Å². The quantitative estimate of drug-likeness (QED) is 0.649. The minimum absolute atomic E-state index is 0.0913. The van der Waals surface area contributed by atoms with Crippen molar-refractivity contribution in [2.75, 3.05) is 25.0 Å². The van der Waals surface area contributed by atoms with E-state index in [0.717, 1.165) is 32.5 Å². The third-order valence-corrected chi connectivity index (χ3v) is 3.84. The second-order valence-corrected chi connectivity index (χ2v) is 5.52. The molecule has 1 heterocycles. The topological polar surface area (TPSA) is 91.0 Å². The zero-order valence-electron chi connectivity index (χ0n) is 11.5. The second kappa shape index (κ2) is 5.88. The van der Waals surface area contributed by atoms with Crippen molar-refractivity contribution >= 4 is 11.4 Å². The van der Waals surface area contributed by atoms with Crippen molar-refractivity contribution in [3.8, 4) is 6.07 Å². The van der Waals surface area contributed by atoms with Crippen LogP contribution in [-0.2, 0) is 0 Å². The molecule has 0 radical (unpaired) electrons. The van der Waals surface area contributed by atoms with E-state index in [-0.39, 0.29) is 16.7 Å². The summed E-state index contributed by atoms with van der Waals surface area (Å²) in [6.07, 6.45) is 2.16. The molecular weight excluding hydrogens is 256 g/mol. The molecular formula is C14H18N4O2. The molecule has 1 aromatic rings. The molecule has 1 fully saturated rings. The maximum absolute atomic E-state index is 10.9. The Bertz CT molecular complexity index is 545. The lowest BCUT2D eigenvalue weighted by Gasteiger charge is -2.34. The van der Waals surface area contributed by atoms with Gasteiger partial charge in [-0.05, 0) is 43.5 Å². The molecule has 2 rings (SSSR count). The highest BCUT2D eigenvalue weighted by Gasteiger charge is 2.26. The maximum atomic E-state index is 10.9. The SMILES string of the molecule is CC1(CNc2ccc(C#N)c([N+](=O)[O-])c2)CCNCC1. The monoisotopic (exact) mass is 274 g/mol. The maximum Gasteiger partial charge on any atom is 0.289 e. The molecule has 1 aliphatic rings. The fraction of sp³-hybridized carbons (Fsp3) is 0.500. The van der Waals surface area contributed by atoms with Crippen LogP contribution < -0.4 is 10.6 Å². The number of rotatable bonds is 4. The normalized spacial score (nSPS) is 17.2. The van der Waals surface area contributed by atoms with Gasteiger partial charge in [0, 0.05) is 18.3 Å². The van der Waals surface area contributed by atoms with E-state index < -0.39 is 4.92 Å². The summed E-state index contributed by atoms with van der Waals surface area (Å²) in [7, 11) is 0. The van der Waals surface area contributed by atoms with Gasteiger partial charge in [-0.1, -0.05) is 6.92 Å². The number of anilines is 1.